The molecular weight excluding hydrogens is 507 g/mol. The summed E-state index contributed by atoms with van der Waals surface area (Å²) < 4.78 is 92.6. The van der Waals surface area contributed by atoms with Gasteiger partial charge in [-0.2, -0.15) is 17.5 Å². The van der Waals surface area contributed by atoms with Crippen LogP contribution in [0.5, 0.6) is 0 Å². The van der Waals surface area contributed by atoms with Gasteiger partial charge in [0.25, 0.3) is 0 Å². The SMILES string of the molecule is O=C(NCc1ccc(F)c(-c2cnc(C(F)(F)F)cn2)c1)[C@@H]1CCCN1S(=O)(=O)c1ccc(F)cc1. The predicted octanol–water partition coefficient (Wildman–Crippen LogP) is 3.91. The van der Waals surface area contributed by atoms with E-state index in [2.05, 4.69) is 15.3 Å². The van der Waals surface area contributed by atoms with Crippen molar-refractivity contribution < 1.29 is 35.2 Å². The first-order chi connectivity index (χ1) is 17.0. The van der Waals surface area contributed by atoms with Gasteiger partial charge in [-0.1, -0.05) is 6.07 Å². The zero-order valence-electron chi connectivity index (χ0n) is 18.5. The molecule has 1 saturated heterocycles. The number of sulfonamides is 1. The zero-order valence-corrected chi connectivity index (χ0v) is 19.3. The number of nitrogens with one attached hydrogen (secondary N) is 1. The number of rotatable bonds is 6. The number of aromatic nitrogens is 2. The summed E-state index contributed by atoms with van der Waals surface area (Å²) in [6.45, 7) is 0.0200. The summed E-state index contributed by atoms with van der Waals surface area (Å²) in [7, 11) is -4.03. The maximum absolute atomic E-state index is 14.3. The first-order valence-electron chi connectivity index (χ1n) is 10.7. The maximum Gasteiger partial charge on any atom is 0.434 e. The lowest BCUT2D eigenvalue weighted by Gasteiger charge is -2.23. The monoisotopic (exact) mass is 526 g/mol. The fourth-order valence-corrected chi connectivity index (χ4v) is 5.49. The number of carbonyl (C=O) groups is 1. The van der Waals surface area contributed by atoms with Crippen LogP contribution in [0.2, 0.25) is 0 Å². The van der Waals surface area contributed by atoms with Crippen LogP contribution in [0.15, 0.2) is 59.8 Å². The molecule has 4 rings (SSSR count). The smallest absolute Gasteiger partial charge is 0.351 e. The Bertz CT molecular complexity index is 1360. The summed E-state index contributed by atoms with van der Waals surface area (Å²) in [5.41, 5.74) is -1.04. The first-order valence-corrected chi connectivity index (χ1v) is 12.1. The molecule has 0 aliphatic carbocycles. The molecular formula is C23H19F5N4O3S. The van der Waals surface area contributed by atoms with Crippen LogP contribution in [-0.2, 0) is 27.5 Å². The molecule has 0 unspecified atom stereocenters. The second-order valence-corrected chi connectivity index (χ2v) is 9.93. The summed E-state index contributed by atoms with van der Waals surface area (Å²) in [6, 6.07) is 7.07. The van der Waals surface area contributed by atoms with Crippen LogP contribution in [-0.4, -0.2) is 41.2 Å². The van der Waals surface area contributed by atoms with Crippen molar-refractivity contribution in [3.05, 3.63) is 77.8 Å². The number of carbonyl (C=O) groups excluding carboxylic acids is 1. The van der Waals surface area contributed by atoms with Crippen molar-refractivity contribution >= 4 is 15.9 Å². The molecule has 1 fully saturated rings. The summed E-state index contributed by atoms with van der Waals surface area (Å²) in [5.74, 6) is -1.91. The molecule has 0 spiro atoms. The number of alkyl halides is 3. The summed E-state index contributed by atoms with van der Waals surface area (Å²) in [6.07, 6.45) is -2.65. The number of benzene rings is 2. The molecule has 0 saturated carbocycles. The Labute approximate surface area is 203 Å². The summed E-state index contributed by atoms with van der Waals surface area (Å²) >= 11 is 0. The van der Waals surface area contributed by atoms with Gasteiger partial charge in [-0.15, -0.1) is 0 Å². The van der Waals surface area contributed by atoms with Crippen molar-refractivity contribution in [2.75, 3.05) is 6.54 Å². The molecule has 2 aromatic carbocycles. The average Bonchev–Trinajstić information content (AvgIpc) is 3.34. The molecule has 1 aromatic heterocycles. The number of hydrogen-bond donors (Lipinski definition) is 1. The Morgan fingerprint density at radius 2 is 1.78 bits per heavy atom. The van der Waals surface area contributed by atoms with Crippen molar-refractivity contribution in [1.29, 1.82) is 0 Å². The van der Waals surface area contributed by atoms with E-state index >= 15 is 0 Å². The Balaban J connectivity index is 1.47. The highest BCUT2D eigenvalue weighted by Gasteiger charge is 2.39. The van der Waals surface area contributed by atoms with Gasteiger partial charge in [0.1, 0.15) is 17.7 Å². The molecule has 190 valence electrons. The van der Waals surface area contributed by atoms with Crippen molar-refractivity contribution in [2.24, 2.45) is 0 Å². The highest BCUT2D eigenvalue weighted by atomic mass is 32.2. The molecule has 1 N–H and O–H groups in total. The second kappa shape index (κ2) is 9.90. The highest BCUT2D eigenvalue weighted by molar-refractivity contribution is 7.89. The van der Waals surface area contributed by atoms with Gasteiger partial charge in [0.2, 0.25) is 15.9 Å². The third-order valence-corrected chi connectivity index (χ3v) is 7.56. The molecule has 3 aromatic rings. The topological polar surface area (TPSA) is 92.3 Å². The fourth-order valence-electron chi connectivity index (χ4n) is 3.83. The van der Waals surface area contributed by atoms with Crippen LogP contribution in [0, 0.1) is 11.6 Å². The second-order valence-electron chi connectivity index (χ2n) is 8.04. The lowest BCUT2D eigenvalue weighted by atomic mass is 10.1. The van der Waals surface area contributed by atoms with Crippen LogP contribution >= 0.6 is 0 Å². The normalized spacial score (nSPS) is 16.8. The standard InChI is InChI=1S/C23H19F5N4O3S/c24-15-4-6-16(7-5-15)36(34,35)32-9-1-2-20(32)22(33)31-11-14-3-8-18(25)17(10-14)19-12-30-21(13-29-19)23(26,27)28/h3-8,10,12-13,20H,1-2,9,11H2,(H,31,33)/t20-/m0/s1. The average molecular weight is 526 g/mol. The third kappa shape index (κ3) is 5.36. The van der Waals surface area contributed by atoms with Gasteiger partial charge < -0.3 is 5.32 Å². The zero-order chi connectivity index (χ0) is 26.1. The van der Waals surface area contributed by atoms with Gasteiger partial charge in [0, 0.05) is 18.7 Å². The van der Waals surface area contributed by atoms with E-state index in [1.165, 1.54) is 12.1 Å². The molecule has 1 amide bonds. The van der Waals surface area contributed by atoms with Crippen LogP contribution < -0.4 is 5.32 Å². The number of amides is 1. The van der Waals surface area contributed by atoms with E-state index in [1.54, 1.807) is 0 Å². The molecule has 36 heavy (non-hydrogen) atoms. The Morgan fingerprint density at radius 3 is 2.42 bits per heavy atom. The Hall–Kier alpha value is -3.45. The van der Waals surface area contributed by atoms with Crippen LogP contribution in [0.4, 0.5) is 22.0 Å². The quantitative estimate of drug-likeness (QED) is 0.492. The predicted molar refractivity (Wildman–Crippen MR) is 118 cm³/mol. The largest absolute Gasteiger partial charge is 0.434 e. The van der Waals surface area contributed by atoms with Crippen molar-refractivity contribution in [3.63, 3.8) is 0 Å². The molecule has 0 bridgehead atoms. The molecule has 2 heterocycles. The fraction of sp³-hybridized carbons (Fsp3) is 0.261. The minimum atomic E-state index is -4.69. The van der Waals surface area contributed by atoms with E-state index in [4.69, 9.17) is 0 Å². The van der Waals surface area contributed by atoms with Gasteiger partial charge in [0.05, 0.1) is 23.0 Å². The van der Waals surface area contributed by atoms with Gasteiger partial charge in [-0.25, -0.2) is 22.2 Å². The van der Waals surface area contributed by atoms with Crippen molar-refractivity contribution in [2.45, 2.75) is 36.5 Å². The van der Waals surface area contributed by atoms with E-state index in [0.29, 0.717) is 18.2 Å². The lowest BCUT2D eigenvalue weighted by Crippen LogP contribution is -2.45. The first kappa shape index (κ1) is 25.6. The Kier molecular flexibility index (Phi) is 7.05. The molecule has 1 aliphatic heterocycles. The number of nitrogens with zero attached hydrogens (tertiary/aromatic N) is 3. The Morgan fingerprint density at radius 1 is 1.06 bits per heavy atom. The molecule has 0 radical (unpaired) electrons. The third-order valence-electron chi connectivity index (χ3n) is 5.64. The minimum Gasteiger partial charge on any atom is -0.351 e. The maximum atomic E-state index is 14.3. The molecule has 1 aliphatic rings. The highest BCUT2D eigenvalue weighted by Crippen LogP contribution is 2.29. The van der Waals surface area contributed by atoms with Gasteiger partial charge in [0.15, 0.2) is 5.69 Å². The molecule has 1 atom stereocenters. The van der Waals surface area contributed by atoms with E-state index in [0.717, 1.165) is 40.8 Å². The summed E-state index contributed by atoms with van der Waals surface area (Å²) in [5, 5.41) is 2.62. The lowest BCUT2D eigenvalue weighted by molar-refractivity contribution is -0.141. The van der Waals surface area contributed by atoms with Crippen LogP contribution in [0.1, 0.15) is 24.1 Å². The number of hydrogen-bond acceptors (Lipinski definition) is 5. The van der Waals surface area contributed by atoms with Gasteiger partial charge in [-0.05, 0) is 54.8 Å². The molecule has 13 heteroatoms. The van der Waals surface area contributed by atoms with Crippen molar-refractivity contribution in [1.82, 2.24) is 19.6 Å². The number of halogens is 5. The summed E-state index contributed by atoms with van der Waals surface area (Å²) in [4.78, 5) is 19.6. The van der Waals surface area contributed by atoms with Gasteiger partial charge >= 0.3 is 6.18 Å². The van der Waals surface area contributed by atoms with Crippen molar-refractivity contribution in [3.8, 4) is 11.3 Å². The van der Waals surface area contributed by atoms with Crippen LogP contribution in [0.25, 0.3) is 11.3 Å². The van der Waals surface area contributed by atoms with Crippen LogP contribution in [0.3, 0.4) is 0 Å². The van der Waals surface area contributed by atoms with Gasteiger partial charge in [-0.3, -0.25) is 9.78 Å². The minimum absolute atomic E-state index is 0.0961. The van der Waals surface area contributed by atoms with E-state index in [9.17, 15) is 35.2 Å². The van der Waals surface area contributed by atoms with E-state index in [-0.39, 0.29) is 35.7 Å². The molecule has 7 nitrogen and oxygen atoms in total. The van der Waals surface area contributed by atoms with E-state index in [1.807, 2.05) is 0 Å². The van der Waals surface area contributed by atoms with E-state index < -0.39 is 45.5 Å².